The largest absolute Gasteiger partial charge is 0.453 e. The highest BCUT2D eigenvalue weighted by Gasteiger charge is 2.28. The molecule has 0 saturated carbocycles. The number of carbonyl (C=O) groups is 2. The molecule has 0 radical (unpaired) electrons. The summed E-state index contributed by atoms with van der Waals surface area (Å²) in [6.45, 7) is 0.839. The average molecular weight is 410 g/mol. The molecule has 7 heteroatoms. The van der Waals surface area contributed by atoms with E-state index in [1.807, 2.05) is 18.2 Å². The van der Waals surface area contributed by atoms with Crippen LogP contribution in [0.4, 0.5) is 0 Å². The number of aliphatic hydroxyl groups excluding tert-OH is 1. The van der Waals surface area contributed by atoms with Crippen LogP contribution < -0.4 is 0 Å². The Bertz CT molecular complexity index is 971. The normalized spacial score (nSPS) is 17.8. The molecular formula is C22H22N2O4S. The SMILES string of the molecule is O=C(OCC(=O)N1CCC[C@@H](c2nc3ccccc3s2)C1)[C@@H](O)c1ccccc1. The van der Waals surface area contributed by atoms with Gasteiger partial charge in [0.05, 0.1) is 15.2 Å². The predicted molar refractivity (Wildman–Crippen MR) is 111 cm³/mol. The van der Waals surface area contributed by atoms with Crippen LogP contribution in [0, 0.1) is 0 Å². The molecule has 1 fully saturated rings. The quantitative estimate of drug-likeness (QED) is 0.653. The first-order valence-electron chi connectivity index (χ1n) is 9.64. The number of aromatic nitrogens is 1. The van der Waals surface area contributed by atoms with Crippen molar-refractivity contribution in [1.29, 1.82) is 0 Å². The lowest BCUT2D eigenvalue weighted by Crippen LogP contribution is -2.41. The molecule has 6 nitrogen and oxygen atoms in total. The number of thiazole rings is 1. The fourth-order valence-corrected chi connectivity index (χ4v) is 4.64. The number of fused-ring (bicyclic) bond motifs is 1. The smallest absolute Gasteiger partial charge is 0.340 e. The summed E-state index contributed by atoms with van der Waals surface area (Å²) in [7, 11) is 0. The molecule has 0 spiro atoms. The summed E-state index contributed by atoms with van der Waals surface area (Å²) in [6, 6.07) is 16.6. The van der Waals surface area contributed by atoms with E-state index in [0.29, 0.717) is 18.7 Å². The minimum absolute atomic E-state index is 0.190. The van der Waals surface area contributed by atoms with E-state index >= 15 is 0 Å². The number of hydrogen-bond donors (Lipinski definition) is 1. The van der Waals surface area contributed by atoms with Gasteiger partial charge in [0.1, 0.15) is 0 Å². The van der Waals surface area contributed by atoms with E-state index < -0.39 is 12.1 Å². The van der Waals surface area contributed by atoms with Crippen molar-refractivity contribution in [3.63, 3.8) is 0 Å². The Hall–Kier alpha value is -2.77. The lowest BCUT2D eigenvalue weighted by Gasteiger charge is -2.31. The van der Waals surface area contributed by atoms with Gasteiger partial charge < -0.3 is 14.7 Å². The van der Waals surface area contributed by atoms with Gasteiger partial charge >= 0.3 is 5.97 Å². The van der Waals surface area contributed by atoms with Crippen LogP contribution in [0.15, 0.2) is 54.6 Å². The molecule has 1 aliphatic rings. The van der Waals surface area contributed by atoms with E-state index in [1.54, 1.807) is 46.6 Å². The summed E-state index contributed by atoms with van der Waals surface area (Å²) >= 11 is 1.67. The summed E-state index contributed by atoms with van der Waals surface area (Å²) in [4.78, 5) is 31.1. The maximum Gasteiger partial charge on any atom is 0.340 e. The van der Waals surface area contributed by atoms with Crippen LogP contribution >= 0.6 is 11.3 Å². The molecule has 1 saturated heterocycles. The van der Waals surface area contributed by atoms with Crippen LogP contribution in [0.25, 0.3) is 10.2 Å². The molecule has 0 unspecified atom stereocenters. The molecule has 2 heterocycles. The summed E-state index contributed by atoms with van der Waals surface area (Å²) in [5.41, 5.74) is 1.43. The third kappa shape index (κ3) is 4.46. The second kappa shape index (κ2) is 8.71. The van der Waals surface area contributed by atoms with E-state index in [2.05, 4.69) is 6.07 Å². The van der Waals surface area contributed by atoms with Crippen LogP contribution in [-0.4, -0.2) is 46.6 Å². The first kappa shape index (κ1) is 19.5. The Morgan fingerprint density at radius 2 is 1.93 bits per heavy atom. The monoisotopic (exact) mass is 410 g/mol. The van der Waals surface area contributed by atoms with Crippen LogP contribution in [0.2, 0.25) is 0 Å². The standard InChI is InChI=1S/C22H22N2O4S/c25-19(14-28-22(27)20(26)15-7-2-1-3-8-15)24-12-6-9-16(13-24)21-23-17-10-4-5-11-18(17)29-21/h1-5,7-8,10-11,16,20,26H,6,9,12-14H2/t16-,20+/m1/s1. The minimum Gasteiger partial charge on any atom is -0.453 e. The topological polar surface area (TPSA) is 79.7 Å². The van der Waals surface area contributed by atoms with Gasteiger partial charge in [-0.3, -0.25) is 4.79 Å². The van der Waals surface area contributed by atoms with Gasteiger partial charge in [-0.25, -0.2) is 9.78 Å². The number of para-hydroxylation sites is 1. The molecule has 1 amide bonds. The molecule has 1 N–H and O–H groups in total. The number of benzene rings is 2. The first-order chi connectivity index (χ1) is 14.1. The number of rotatable bonds is 5. The second-order valence-electron chi connectivity index (χ2n) is 7.12. The Balaban J connectivity index is 1.34. The van der Waals surface area contributed by atoms with Gasteiger partial charge in [-0.15, -0.1) is 11.3 Å². The summed E-state index contributed by atoms with van der Waals surface area (Å²) in [6.07, 6.45) is 0.476. The van der Waals surface area contributed by atoms with Crippen molar-refractivity contribution in [1.82, 2.24) is 9.88 Å². The fraction of sp³-hybridized carbons (Fsp3) is 0.318. The van der Waals surface area contributed by atoms with Gasteiger partial charge in [-0.1, -0.05) is 42.5 Å². The van der Waals surface area contributed by atoms with Crippen molar-refractivity contribution in [2.45, 2.75) is 24.9 Å². The number of nitrogens with zero attached hydrogens (tertiary/aromatic N) is 2. The van der Waals surface area contributed by atoms with Crippen LogP contribution in [0.3, 0.4) is 0 Å². The average Bonchev–Trinajstić information content (AvgIpc) is 3.22. The molecule has 2 aromatic carbocycles. The minimum atomic E-state index is -1.39. The molecule has 0 aliphatic carbocycles. The Morgan fingerprint density at radius 3 is 2.72 bits per heavy atom. The number of esters is 1. The number of hydrogen-bond acceptors (Lipinski definition) is 6. The lowest BCUT2D eigenvalue weighted by molar-refractivity contribution is -0.160. The highest BCUT2D eigenvalue weighted by molar-refractivity contribution is 7.18. The molecule has 2 atom stereocenters. The van der Waals surface area contributed by atoms with E-state index in [-0.39, 0.29) is 18.4 Å². The van der Waals surface area contributed by atoms with Gasteiger partial charge in [-0.2, -0.15) is 0 Å². The van der Waals surface area contributed by atoms with Crippen LogP contribution in [0.1, 0.15) is 35.4 Å². The zero-order valence-corrected chi connectivity index (χ0v) is 16.7. The maximum atomic E-state index is 12.6. The summed E-state index contributed by atoms with van der Waals surface area (Å²) < 4.78 is 6.22. The Morgan fingerprint density at radius 1 is 1.17 bits per heavy atom. The predicted octanol–water partition coefficient (Wildman–Crippen LogP) is 3.28. The molecule has 3 aromatic rings. The fourth-order valence-electron chi connectivity index (χ4n) is 3.54. The van der Waals surface area contributed by atoms with Gasteiger partial charge in [0.2, 0.25) is 0 Å². The van der Waals surface area contributed by atoms with Crippen molar-refractivity contribution in [3.8, 4) is 0 Å². The van der Waals surface area contributed by atoms with E-state index in [1.165, 1.54) is 0 Å². The van der Waals surface area contributed by atoms with Gasteiger partial charge in [0, 0.05) is 19.0 Å². The van der Waals surface area contributed by atoms with Crippen molar-refractivity contribution in [2.24, 2.45) is 0 Å². The number of aliphatic hydroxyl groups is 1. The highest BCUT2D eigenvalue weighted by Crippen LogP contribution is 2.33. The number of ether oxygens (including phenoxy) is 1. The summed E-state index contributed by atoms with van der Waals surface area (Å²) in [5, 5.41) is 11.1. The molecule has 1 aliphatic heterocycles. The number of piperidine rings is 1. The van der Waals surface area contributed by atoms with Crippen molar-refractivity contribution >= 4 is 33.4 Å². The first-order valence-corrected chi connectivity index (χ1v) is 10.5. The molecule has 4 rings (SSSR count). The van der Waals surface area contributed by atoms with Gasteiger partial charge in [0.25, 0.3) is 5.91 Å². The molecular weight excluding hydrogens is 388 g/mol. The molecule has 150 valence electrons. The molecule has 1 aromatic heterocycles. The lowest BCUT2D eigenvalue weighted by atomic mass is 9.99. The zero-order chi connectivity index (χ0) is 20.2. The zero-order valence-electron chi connectivity index (χ0n) is 15.9. The van der Waals surface area contributed by atoms with Gasteiger partial charge in [-0.05, 0) is 30.5 Å². The number of likely N-dealkylation sites (tertiary alicyclic amines) is 1. The Labute approximate surface area is 172 Å². The number of amides is 1. The second-order valence-corrected chi connectivity index (χ2v) is 8.18. The van der Waals surface area contributed by atoms with E-state index in [4.69, 9.17) is 9.72 Å². The van der Waals surface area contributed by atoms with Crippen molar-refractivity contribution < 1.29 is 19.4 Å². The molecule has 0 bridgehead atoms. The number of carbonyl (C=O) groups excluding carboxylic acids is 2. The van der Waals surface area contributed by atoms with Crippen molar-refractivity contribution in [2.75, 3.05) is 19.7 Å². The van der Waals surface area contributed by atoms with Gasteiger partial charge in [0.15, 0.2) is 12.7 Å². The maximum absolute atomic E-state index is 12.6. The third-order valence-electron chi connectivity index (χ3n) is 5.11. The van der Waals surface area contributed by atoms with Crippen LogP contribution in [0.5, 0.6) is 0 Å². The van der Waals surface area contributed by atoms with E-state index in [9.17, 15) is 14.7 Å². The molecule has 29 heavy (non-hydrogen) atoms. The highest BCUT2D eigenvalue weighted by atomic mass is 32.1. The van der Waals surface area contributed by atoms with E-state index in [0.717, 1.165) is 28.1 Å². The van der Waals surface area contributed by atoms with Crippen LogP contribution in [-0.2, 0) is 14.3 Å². The Kier molecular flexibility index (Phi) is 5.87. The van der Waals surface area contributed by atoms with Crippen molar-refractivity contribution in [3.05, 3.63) is 65.2 Å². The summed E-state index contributed by atoms with van der Waals surface area (Å²) in [5.74, 6) is -0.871. The third-order valence-corrected chi connectivity index (χ3v) is 6.31.